The summed E-state index contributed by atoms with van der Waals surface area (Å²) in [6, 6.07) is 8.06. The number of rotatable bonds is 6. The van der Waals surface area contributed by atoms with Gasteiger partial charge in [0.25, 0.3) is 0 Å². The number of hydrogen-bond acceptors (Lipinski definition) is 4. The monoisotopic (exact) mass is 281 g/mol. The fraction of sp³-hybridized carbons (Fsp3) is 0.600. The first-order valence-electron chi connectivity index (χ1n) is 6.88. The van der Waals surface area contributed by atoms with Gasteiger partial charge in [0.1, 0.15) is 5.75 Å². The number of aliphatic hydroxyl groups is 1. The van der Waals surface area contributed by atoms with Gasteiger partial charge in [-0.15, -0.1) is 11.8 Å². The van der Waals surface area contributed by atoms with Crippen molar-refractivity contribution in [1.29, 1.82) is 0 Å². The van der Waals surface area contributed by atoms with E-state index in [1.807, 2.05) is 18.2 Å². The van der Waals surface area contributed by atoms with Crippen molar-refractivity contribution in [2.24, 2.45) is 11.7 Å². The Balaban J connectivity index is 1.86. The van der Waals surface area contributed by atoms with Crippen molar-refractivity contribution in [3.63, 3.8) is 0 Å². The summed E-state index contributed by atoms with van der Waals surface area (Å²) in [6.45, 7) is 0.386. The standard InChI is InChI=1S/C15H23NO2S/c1-18-13-6-2-3-7-14(13)19-10-8-12-5-4-9-15(12,17)11-16/h2-3,6-7,12,17H,4-5,8-11,16H2,1H3. The maximum absolute atomic E-state index is 10.4. The third-order valence-electron chi connectivity index (χ3n) is 4.07. The normalized spacial score (nSPS) is 26.6. The highest BCUT2D eigenvalue weighted by Gasteiger charge is 2.39. The van der Waals surface area contributed by atoms with E-state index in [-0.39, 0.29) is 0 Å². The van der Waals surface area contributed by atoms with Gasteiger partial charge in [-0.05, 0) is 43.1 Å². The highest BCUT2D eigenvalue weighted by atomic mass is 32.2. The number of nitrogens with two attached hydrogens (primary N) is 1. The number of benzene rings is 1. The van der Waals surface area contributed by atoms with E-state index in [9.17, 15) is 5.11 Å². The summed E-state index contributed by atoms with van der Waals surface area (Å²) < 4.78 is 5.34. The first-order chi connectivity index (χ1) is 9.19. The molecule has 4 heteroatoms. The van der Waals surface area contributed by atoms with Crippen LogP contribution in [-0.2, 0) is 0 Å². The topological polar surface area (TPSA) is 55.5 Å². The van der Waals surface area contributed by atoms with E-state index < -0.39 is 5.60 Å². The van der Waals surface area contributed by atoms with Gasteiger partial charge < -0.3 is 15.6 Å². The minimum Gasteiger partial charge on any atom is -0.496 e. The lowest BCUT2D eigenvalue weighted by molar-refractivity contribution is 0.0104. The van der Waals surface area contributed by atoms with Crippen LogP contribution in [0.3, 0.4) is 0 Å². The van der Waals surface area contributed by atoms with E-state index >= 15 is 0 Å². The predicted molar refractivity (Wildman–Crippen MR) is 79.7 cm³/mol. The Morgan fingerprint density at radius 3 is 3.00 bits per heavy atom. The van der Waals surface area contributed by atoms with Gasteiger partial charge in [-0.3, -0.25) is 0 Å². The van der Waals surface area contributed by atoms with Crippen LogP contribution in [0.5, 0.6) is 5.75 Å². The largest absolute Gasteiger partial charge is 0.496 e. The predicted octanol–water partition coefficient (Wildman–Crippen LogP) is 2.67. The van der Waals surface area contributed by atoms with Crippen LogP contribution < -0.4 is 10.5 Å². The van der Waals surface area contributed by atoms with E-state index in [4.69, 9.17) is 10.5 Å². The number of para-hydroxylation sites is 1. The Morgan fingerprint density at radius 1 is 1.47 bits per heavy atom. The number of ether oxygens (including phenoxy) is 1. The number of hydrogen-bond donors (Lipinski definition) is 2. The molecule has 106 valence electrons. The average molecular weight is 281 g/mol. The molecule has 1 saturated carbocycles. The van der Waals surface area contributed by atoms with Crippen LogP contribution >= 0.6 is 11.8 Å². The van der Waals surface area contributed by atoms with Crippen molar-refractivity contribution in [3.8, 4) is 5.75 Å². The summed E-state index contributed by atoms with van der Waals surface area (Å²) in [5.74, 6) is 2.26. The van der Waals surface area contributed by atoms with E-state index in [2.05, 4.69) is 6.07 Å². The van der Waals surface area contributed by atoms with Crippen LogP contribution in [0.4, 0.5) is 0 Å². The van der Waals surface area contributed by atoms with Crippen molar-refractivity contribution in [3.05, 3.63) is 24.3 Å². The molecule has 0 aliphatic heterocycles. The smallest absolute Gasteiger partial charge is 0.132 e. The summed E-state index contributed by atoms with van der Waals surface area (Å²) in [5.41, 5.74) is 5.09. The maximum Gasteiger partial charge on any atom is 0.132 e. The first-order valence-corrected chi connectivity index (χ1v) is 7.86. The quantitative estimate of drug-likeness (QED) is 0.787. The molecule has 0 aromatic heterocycles. The molecule has 0 bridgehead atoms. The molecule has 0 saturated heterocycles. The zero-order chi connectivity index (χ0) is 13.7. The molecule has 0 spiro atoms. The minimum atomic E-state index is -0.624. The van der Waals surface area contributed by atoms with Gasteiger partial charge in [0.15, 0.2) is 0 Å². The first kappa shape index (κ1) is 14.7. The van der Waals surface area contributed by atoms with Crippen LogP contribution in [-0.4, -0.2) is 30.1 Å². The summed E-state index contributed by atoms with van der Waals surface area (Å²) in [6.07, 6.45) is 4.06. The number of methoxy groups -OCH3 is 1. The van der Waals surface area contributed by atoms with Gasteiger partial charge in [-0.2, -0.15) is 0 Å². The van der Waals surface area contributed by atoms with Crippen LogP contribution in [0.1, 0.15) is 25.7 Å². The summed E-state index contributed by atoms with van der Waals surface area (Å²) in [5, 5.41) is 10.4. The zero-order valence-corrected chi connectivity index (χ0v) is 12.3. The summed E-state index contributed by atoms with van der Waals surface area (Å²) in [7, 11) is 1.70. The molecule has 19 heavy (non-hydrogen) atoms. The SMILES string of the molecule is COc1ccccc1SCCC1CCCC1(O)CN. The highest BCUT2D eigenvalue weighted by Crippen LogP contribution is 2.39. The lowest BCUT2D eigenvalue weighted by Crippen LogP contribution is -2.41. The molecular formula is C15H23NO2S. The van der Waals surface area contributed by atoms with E-state index in [1.165, 1.54) is 4.90 Å². The molecule has 2 unspecified atom stereocenters. The van der Waals surface area contributed by atoms with Gasteiger partial charge in [0, 0.05) is 11.4 Å². The van der Waals surface area contributed by atoms with E-state index in [0.717, 1.165) is 37.2 Å². The molecule has 2 rings (SSSR count). The zero-order valence-electron chi connectivity index (χ0n) is 11.5. The molecule has 0 radical (unpaired) electrons. The second-order valence-corrected chi connectivity index (χ2v) is 6.32. The van der Waals surface area contributed by atoms with Crippen molar-refractivity contribution < 1.29 is 9.84 Å². The van der Waals surface area contributed by atoms with Gasteiger partial charge in [0.05, 0.1) is 12.7 Å². The Hall–Kier alpha value is -0.710. The van der Waals surface area contributed by atoms with Crippen LogP contribution in [0.2, 0.25) is 0 Å². The minimum absolute atomic E-state index is 0.347. The third kappa shape index (κ3) is 3.44. The van der Waals surface area contributed by atoms with Gasteiger partial charge in [-0.1, -0.05) is 18.6 Å². The van der Waals surface area contributed by atoms with Crippen molar-refractivity contribution in [2.45, 2.75) is 36.2 Å². The van der Waals surface area contributed by atoms with Crippen molar-refractivity contribution in [2.75, 3.05) is 19.4 Å². The van der Waals surface area contributed by atoms with Crippen molar-refractivity contribution in [1.82, 2.24) is 0 Å². The fourth-order valence-electron chi connectivity index (χ4n) is 2.86. The molecule has 1 aromatic rings. The Bertz CT molecular complexity index is 413. The van der Waals surface area contributed by atoms with Gasteiger partial charge in [-0.25, -0.2) is 0 Å². The Kier molecular flexibility index (Phi) is 5.13. The van der Waals surface area contributed by atoms with Crippen LogP contribution in [0.25, 0.3) is 0 Å². The third-order valence-corrected chi connectivity index (χ3v) is 5.16. The van der Waals surface area contributed by atoms with Crippen LogP contribution in [0.15, 0.2) is 29.2 Å². The van der Waals surface area contributed by atoms with E-state index in [0.29, 0.717) is 12.5 Å². The van der Waals surface area contributed by atoms with Gasteiger partial charge in [0.2, 0.25) is 0 Å². The molecule has 0 heterocycles. The molecule has 1 aliphatic carbocycles. The molecule has 2 atom stereocenters. The lowest BCUT2D eigenvalue weighted by Gasteiger charge is -2.28. The number of thioether (sulfide) groups is 1. The molecule has 1 aromatic carbocycles. The highest BCUT2D eigenvalue weighted by molar-refractivity contribution is 7.99. The maximum atomic E-state index is 10.4. The Morgan fingerprint density at radius 2 is 2.26 bits per heavy atom. The molecule has 3 N–H and O–H groups in total. The Labute approximate surface area is 119 Å². The average Bonchev–Trinajstić information content (AvgIpc) is 2.81. The molecule has 1 fully saturated rings. The molecule has 1 aliphatic rings. The molecule has 0 amide bonds. The van der Waals surface area contributed by atoms with Crippen LogP contribution in [0, 0.1) is 5.92 Å². The van der Waals surface area contributed by atoms with Crippen molar-refractivity contribution >= 4 is 11.8 Å². The van der Waals surface area contributed by atoms with E-state index in [1.54, 1.807) is 18.9 Å². The molecular weight excluding hydrogens is 258 g/mol. The van der Waals surface area contributed by atoms with Gasteiger partial charge >= 0.3 is 0 Å². The second kappa shape index (κ2) is 6.64. The molecule has 3 nitrogen and oxygen atoms in total. The fourth-order valence-corrected chi connectivity index (χ4v) is 3.95. The second-order valence-electron chi connectivity index (χ2n) is 5.18. The summed E-state index contributed by atoms with van der Waals surface area (Å²) in [4.78, 5) is 1.17. The lowest BCUT2D eigenvalue weighted by atomic mass is 9.89. The summed E-state index contributed by atoms with van der Waals surface area (Å²) >= 11 is 1.79.